The summed E-state index contributed by atoms with van der Waals surface area (Å²) in [5, 5.41) is 3.67. The van der Waals surface area contributed by atoms with Crippen molar-refractivity contribution in [2.75, 3.05) is 20.1 Å². The Morgan fingerprint density at radius 1 is 1.11 bits per heavy atom. The summed E-state index contributed by atoms with van der Waals surface area (Å²) in [6, 6.07) is 10.0. The molecule has 0 fully saturated rings. The molecule has 0 aliphatic rings. The average molecular weight is 262 g/mol. The molecule has 19 heavy (non-hydrogen) atoms. The van der Waals surface area contributed by atoms with Gasteiger partial charge in [-0.15, -0.1) is 0 Å². The molecule has 0 heterocycles. The highest BCUT2D eigenvalue weighted by molar-refractivity contribution is 5.24. The summed E-state index contributed by atoms with van der Waals surface area (Å²) >= 11 is 0. The number of hydrogen-bond acceptors (Lipinski definition) is 2. The van der Waals surface area contributed by atoms with E-state index in [9.17, 15) is 0 Å². The van der Waals surface area contributed by atoms with Crippen LogP contribution in [0.2, 0.25) is 0 Å². The molecule has 0 bridgehead atoms. The maximum Gasteiger partial charge on any atom is 0.0318 e. The van der Waals surface area contributed by atoms with E-state index < -0.39 is 0 Å². The summed E-state index contributed by atoms with van der Waals surface area (Å²) in [4.78, 5) is 2.43. The fourth-order valence-corrected chi connectivity index (χ4v) is 2.24. The normalized spacial score (nSPS) is 14.6. The molecule has 0 aliphatic heterocycles. The molecule has 0 amide bonds. The van der Waals surface area contributed by atoms with Crippen LogP contribution in [0.1, 0.15) is 50.8 Å². The number of hydrogen-bond donors (Lipinski definition) is 1. The fraction of sp³-hybridized carbons (Fsp3) is 0.647. The Morgan fingerprint density at radius 2 is 1.74 bits per heavy atom. The van der Waals surface area contributed by atoms with Crippen molar-refractivity contribution in [2.24, 2.45) is 0 Å². The molecule has 2 nitrogen and oxygen atoms in total. The molecule has 0 spiro atoms. The van der Waals surface area contributed by atoms with Gasteiger partial charge in [-0.1, -0.05) is 43.7 Å². The van der Waals surface area contributed by atoms with E-state index in [-0.39, 0.29) is 0 Å². The van der Waals surface area contributed by atoms with Crippen molar-refractivity contribution in [1.82, 2.24) is 10.2 Å². The quantitative estimate of drug-likeness (QED) is 0.767. The van der Waals surface area contributed by atoms with Crippen LogP contribution in [0, 0.1) is 6.92 Å². The second-order valence-corrected chi connectivity index (χ2v) is 5.56. The van der Waals surface area contributed by atoms with E-state index in [4.69, 9.17) is 0 Å². The number of nitrogens with one attached hydrogen (secondary N) is 1. The topological polar surface area (TPSA) is 15.3 Å². The van der Waals surface area contributed by atoms with Gasteiger partial charge in [-0.2, -0.15) is 0 Å². The zero-order valence-electron chi connectivity index (χ0n) is 13.2. The number of rotatable bonds is 8. The van der Waals surface area contributed by atoms with Crippen molar-refractivity contribution in [2.45, 2.75) is 52.6 Å². The van der Waals surface area contributed by atoms with E-state index in [0.717, 1.165) is 19.5 Å². The van der Waals surface area contributed by atoms with Crippen LogP contribution in [-0.4, -0.2) is 31.1 Å². The maximum absolute atomic E-state index is 3.67. The molecule has 2 unspecified atom stereocenters. The molecular weight excluding hydrogens is 232 g/mol. The van der Waals surface area contributed by atoms with Crippen LogP contribution >= 0.6 is 0 Å². The Morgan fingerprint density at radius 3 is 2.26 bits per heavy atom. The van der Waals surface area contributed by atoms with Crippen molar-refractivity contribution in [1.29, 1.82) is 0 Å². The summed E-state index contributed by atoms with van der Waals surface area (Å²) in [5.41, 5.74) is 2.73. The molecule has 1 N–H and O–H groups in total. The smallest absolute Gasteiger partial charge is 0.0318 e. The molecule has 0 radical (unpaired) electrons. The Labute approximate surface area is 119 Å². The van der Waals surface area contributed by atoms with Crippen molar-refractivity contribution >= 4 is 0 Å². The van der Waals surface area contributed by atoms with Crippen LogP contribution in [0.4, 0.5) is 0 Å². The Balaban J connectivity index is 2.43. The molecule has 0 aromatic heterocycles. The Kier molecular flexibility index (Phi) is 7.11. The summed E-state index contributed by atoms with van der Waals surface area (Å²) in [6.07, 6.45) is 2.35. The standard InChI is InChI=1S/C17H30N2/c1-6-15(4)19(5)13-12-18-17(7-2)16-10-8-14(3)9-11-16/h8-11,15,17-18H,6-7,12-13H2,1-5H3. The predicted molar refractivity (Wildman–Crippen MR) is 84.6 cm³/mol. The lowest BCUT2D eigenvalue weighted by Gasteiger charge is -2.25. The lowest BCUT2D eigenvalue weighted by atomic mass is 10.0. The first-order valence-corrected chi connectivity index (χ1v) is 7.58. The number of likely N-dealkylation sites (N-methyl/N-ethyl adjacent to an activating group) is 1. The SMILES string of the molecule is CCC(NCCN(C)C(C)CC)c1ccc(C)cc1. The van der Waals surface area contributed by atoms with Crippen molar-refractivity contribution in [3.05, 3.63) is 35.4 Å². The van der Waals surface area contributed by atoms with Crippen LogP contribution in [0.5, 0.6) is 0 Å². The van der Waals surface area contributed by atoms with Gasteiger partial charge in [0.25, 0.3) is 0 Å². The predicted octanol–water partition coefficient (Wildman–Crippen LogP) is 3.77. The third kappa shape index (κ3) is 5.33. The zero-order chi connectivity index (χ0) is 14.3. The maximum atomic E-state index is 3.67. The van der Waals surface area contributed by atoms with Gasteiger partial charge in [0, 0.05) is 25.2 Å². The summed E-state index contributed by atoms with van der Waals surface area (Å²) in [5.74, 6) is 0. The molecule has 1 rings (SSSR count). The van der Waals surface area contributed by atoms with Crippen LogP contribution in [0.25, 0.3) is 0 Å². The van der Waals surface area contributed by atoms with Gasteiger partial charge in [0.1, 0.15) is 0 Å². The number of benzene rings is 1. The second-order valence-electron chi connectivity index (χ2n) is 5.56. The summed E-state index contributed by atoms with van der Waals surface area (Å²) in [7, 11) is 2.21. The first-order chi connectivity index (χ1) is 9.08. The summed E-state index contributed by atoms with van der Waals surface area (Å²) < 4.78 is 0. The molecule has 108 valence electrons. The molecule has 1 aromatic carbocycles. The van der Waals surface area contributed by atoms with Crippen LogP contribution in [0.15, 0.2) is 24.3 Å². The van der Waals surface area contributed by atoms with Gasteiger partial charge in [-0.3, -0.25) is 0 Å². The van der Waals surface area contributed by atoms with E-state index in [1.165, 1.54) is 17.5 Å². The Bertz CT molecular complexity index is 345. The third-order valence-corrected chi connectivity index (χ3v) is 4.09. The van der Waals surface area contributed by atoms with Gasteiger partial charge in [0.05, 0.1) is 0 Å². The van der Waals surface area contributed by atoms with Crippen molar-refractivity contribution in [3.63, 3.8) is 0 Å². The molecular formula is C17H30N2. The molecule has 2 heteroatoms. The highest BCUT2D eigenvalue weighted by Crippen LogP contribution is 2.16. The second kappa shape index (κ2) is 8.34. The van der Waals surface area contributed by atoms with Crippen LogP contribution < -0.4 is 5.32 Å². The fourth-order valence-electron chi connectivity index (χ4n) is 2.24. The molecule has 2 atom stereocenters. The first-order valence-electron chi connectivity index (χ1n) is 7.58. The lowest BCUT2D eigenvalue weighted by molar-refractivity contribution is 0.248. The monoisotopic (exact) mass is 262 g/mol. The van der Waals surface area contributed by atoms with Gasteiger partial charge >= 0.3 is 0 Å². The van der Waals surface area contributed by atoms with E-state index in [2.05, 4.69) is 69.2 Å². The van der Waals surface area contributed by atoms with Crippen LogP contribution in [-0.2, 0) is 0 Å². The van der Waals surface area contributed by atoms with E-state index in [1.807, 2.05) is 0 Å². The van der Waals surface area contributed by atoms with Crippen molar-refractivity contribution < 1.29 is 0 Å². The molecule has 0 saturated heterocycles. The van der Waals surface area contributed by atoms with Gasteiger partial charge in [0.15, 0.2) is 0 Å². The molecule has 1 aromatic rings. The number of aryl methyl sites for hydroxylation is 1. The lowest BCUT2D eigenvalue weighted by Crippen LogP contribution is -2.36. The average Bonchev–Trinajstić information content (AvgIpc) is 2.43. The molecule has 0 aliphatic carbocycles. The Hall–Kier alpha value is -0.860. The minimum Gasteiger partial charge on any atom is -0.309 e. The van der Waals surface area contributed by atoms with E-state index in [0.29, 0.717) is 12.1 Å². The van der Waals surface area contributed by atoms with E-state index >= 15 is 0 Å². The molecule has 0 saturated carbocycles. The van der Waals surface area contributed by atoms with Gasteiger partial charge < -0.3 is 10.2 Å². The summed E-state index contributed by atoms with van der Waals surface area (Å²) in [6.45, 7) is 11.1. The third-order valence-electron chi connectivity index (χ3n) is 4.09. The largest absolute Gasteiger partial charge is 0.309 e. The van der Waals surface area contributed by atoms with Gasteiger partial charge in [-0.05, 0) is 39.3 Å². The zero-order valence-corrected chi connectivity index (χ0v) is 13.2. The number of nitrogens with zero attached hydrogens (tertiary/aromatic N) is 1. The van der Waals surface area contributed by atoms with Gasteiger partial charge in [-0.25, -0.2) is 0 Å². The highest BCUT2D eigenvalue weighted by Gasteiger charge is 2.10. The van der Waals surface area contributed by atoms with Gasteiger partial charge in [0.2, 0.25) is 0 Å². The first kappa shape index (κ1) is 16.2. The van der Waals surface area contributed by atoms with Crippen LogP contribution in [0.3, 0.4) is 0 Å². The minimum absolute atomic E-state index is 0.478. The minimum atomic E-state index is 0.478. The van der Waals surface area contributed by atoms with E-state index in [1.54, 1.807) is 0 Å². The van der Waals surface area contributed by atoms with Crippen molar-refractivity contribution in [3.8, 4) is 0 Å². The highest BCUT2D eigenvalue weighted by atomic mass is 15.1.